The Morgan fingerprint density at radius 2 is 1.74 bits per heavy atom. The summed E-state index contributed by atoms with van der Waals surface area (Å²) in [4.78, 5) is 10.1. The number of pyridine rings is 2. The average molecular weight is 577 g/mol. The van der Waals surface area contributed by atoms with E-state index in [9.17, 15) is 5.21 Å². The molecular formula is C32H32N8O3. The Morgan fingerprint density at radius 3 is 2.47 bits per heavy atom. The molecule has 0 radical (unpaired) electrons. The monoisotopic (exact) mass is 576 g/mol. The van der Waals surface area contributed by atoms with Crippen molar-refractivity contribution in [1.82, 2.24) is 35.2 Å². The van der Waals surface area contributed by atoms with Gasteiger partial charge in [0.25, 0.3) is 0 Å². The fourth-order valence-corrected chi connectivity index (χ4v) is 5.35. The van der Waals surface area contributed by atoms with Crippen LogP contribution in [0, 0.1) is 5.21 Å². The summed E-state index contributed by atoms with van der Waals surface area (Å²) < 4.78 is 14.2. The van der Waals surface area contributed by atoms with E-state index in [-0.39, 0.29) is 0 Å². The van der Waals surface area contributed by atoms with Crippen molar-refractivity contribution >= 4 is 11.2 Å². The van der Waals surface area contributed by atoms with Crippen molar-refractivity contribution in [3.63, 3.8) is 0 Å². The summed E-state index contributed by atoms with van der Waals surface area (Å²) in [5.74, 6) is 1.50. The van der Waals surface area contributed by atoms with Gasteiger partial charge in [-0.2, -0.15) is 4.73 Å². The van der Waals surface area contributed by atoms with Crippen LogP contribution in [-0.2, 0) is 22.4 Å². The first kappa shape index (κ1) is 28.1. The Hall–Kier alpha value is -5.00. The second kappa shape index (κ2) is 12.5. The van der Waals surface area contributed by atoms with Gasteiger partial charge in [0.2, 0.25) is 12.0 Å². The summed E-state index contributed by atoms with van der Waals surface area (Å²) in [5.41, 5.74) is 6.95. The van der Waals surface area contributed by atoms with Crippen molar-refractivity contribution < 1.29 is 14.2 Å². The first-order chi connectivity index (χ1) is 21.1. The molecule has 0 bridgehead atoms. The minimum absolute atomic E-state index is 0.442. The van der Waals surface area contributed by atoms with Crippen molar-refractivity contribution in [2.45, 2.75) is 39.0 Å². The summed E-state index contributed by atoms with van der Waals surface area (Å²) in [6.07, 6.45) is 3.46. The largest absolute Gasteiger partial charge is 0.618 e. The Kier molecular flexibility index (Phi) is 8.16. The topological polar surface area (TPSA) is 131 Å². The number of fused-ring (bicyclic) bond motifs is 1. The second-order valence-electron chi connectivity index (χ2n) is 10.2. The van der Waals surface area contributed by atoms with Crippen LogP contribution in [0.1, 0.15) is 43.1 Å². The molecule has 4 heterocycles. The molecule has 0 unspecified atom stereocenters. The predicted molar refractivity (Wildman–Crippen MR) is 161 cm³/mol. The van der Waals surface area contributed by atoms with Crippen molar-refractivity contribution in [1.29, 1.82) is 0 Å². The molecule has 4 aromatic heterocycles. The summed E-state index contributed by atoms with van der Waals surface area (Å²) in [6, 6.07) is 23.6. The van der Waals surface area contributed by atoms with Crippen LogP contribution in [0.2, 0.25) is 0 Å². The maximum absolute atomic E-state index is 12.8. The van der Waals surface area contributed by atoms with E-state index < -0.39 is 6.29 Å². The van der Waals surface area contributed by atoms with E-state index in [2.05, 4.69) is 62.4 Å². The van der Waals surface area contributed by atoms with E-state index in [1.54, 1.807) is 26.4 Å². The van der Waals surface area contributed by atoms with E-state index in [0.29, 0.717) is 40.5 Å². The van der Waals surface area contributed by atoms with Crippen molar-refractivity contribution in [2.24, 2.45) is 0 Å². The van der Waals surface area contributed by atoms with Crippen LogP contribution in [0.25, 0.3) is 44.9 Å². The molecule has 0 saturated heterocycles. The number of aromatic nitrogens is 8. The zero-order valence-electron chi connectivity index (χ0n) is 24.3. The number of hydrogen-bond donors (Lipinski definition) is 1. The van der Waals surface area contributed by atoms with E-state index in [0.717, 1.165) is 52.1 Å². The van der Waals surface area contributed by atoms with Gasteiger partial charge in [-0.25, -0.2) is 15.1 Å². The third kappa shape index (κ3) is 5.60. The smallest absolute Gasteiger partial charge is 0.225 e. The van der Waals surface area contributed by atoms with Gasteiger partial charge >= 0.3 is 0 Å². The number of aromatic amines is 1. The van der Waals surface area contributed by atoms with Crippen LogP contribution in [0.15, 0.2) is 79.0 Å². The number of aryl methyl sites for hydroxylation is 1. The summed E-state index contributed by atoms with van der Waals surface area (Å²) in [7, 11) is 3.11. The Bertz CT molecular complexity index is 1830. The molecular weight excluding hydrogens is 544 g/mol. The highest BCUT2D eigenvalue weighted by Crippen LogP contribution is 2.33. The second-order valence-corrected chi connectivity index (χ2v) is 10.2. The average Bonchev–Trinajstić information content (AvgIpc) is 3.70. The molecule has 0 aliphatic heterocycles. The van der Waals surface area contributed by atoms with Gasteiger partial charge < -0.3 is 19.2 Å². The number of rotatable bonds is 11. The molecule has 0 aliphatic rings. The molecule has 218 valence electrons. The van der Waals surface area contributed by atoms with Crippen molar-refractivity contribution in [3.8, 4) is 33.8 Å². The summed E-state index contributed by atoms with van der Waals surface area (Å²) in [6.45, 7) is 2.67. The van der Waals surface area contributed by atoms with Gasteiger partial charge in [0.1, 0.15) is 17.0 Å². The van der Waals surface area contributed by atoms with E-state index in [4.69, 9.17) is 19.4 Å². The molecule has 1 N–H and O–H groups in total. The molecule has 6 rings (SSSR count). The number of nitrogens with zero attached hydrogens (tertiary/aromatic N) is 7. The van der Waals surface area contributed by atoms with Crippen LogP contribution in [0.4, 0.5) is 0 Å². The van der Waals surface area contributed by atoms with Gasteiger partial charge in [-0.15, -0.1) is 5.10 Å². The number of benzene rings is 2. The number of hydrogen-bond acceptors (Lipinski definition) is 8. The Labute approximate surface area is 248 Å². The summed E-state index contributed by atoms with van der Waals surface area (Å²) in [5, 5.41) is 27.5. The van der Waals surface area contributed by atoms with E-state index in [1.807, 2.05) is 30.3 Å². The molecule has 43 heavy (non-hydrogen) atoms. The van der Waals surface area contributed by atoms with Crippen molar-refractivity contribution in [3.05, 3.63) is 101 Å². The molecule has 0 saturated carbocycles. The number of imidazole rings is 1. The van der Waals surface area contributed by atoms with Crippen LogP contribution in [0.5, 0.6) is 0 Å². The minimum atomic E-state index is -0.780. The lowest BCUT2D eigenvalue weighted by Gasteiger charge is -2.17. The van der Waals surface area contributed by atoms with Gasteiger partial charge in [0.05, 0.1) is 12.1 Å². The van der Waals surface area contributed by atoms with Crippen LogP contribution in [0.3, 0.4) is 0 Å². The lowest BCUT2D eigenvalue weighted by atomic mass is 9.97. The third-order valence-corrected chi connectivity index (χ3v) is 7.44. The number of tetrazole rings is 1. The highest BCUT2D eigenvalue weighted by molar-refractivity contribution is 5.81. The highest BCUT2D eigenvalue weighted by Gasteiger charge is 2.25. The quantitative estimate of drug-likeness (QED) is 0.126. The zero-order valence-corrected chi connectivity index (χ0v) is 24.3. The van der Waals surface area contributed by atoms with E-state index in [1.165, 1.54) is 6.20 Å². The SMILES string of the molecule is CCCCc1nc2cc(-c3cccc[n+]3[O-])c(C(OC)OC)nc2n1Cc1ccc(-c2ccccc2)c(-c2nnn[nH]2)c1. The maximum Gasteiger partial charge on any atom is 0.225 e. The Balaban J connectivity index is 1.51. The number of unbranched alkanes of at least 4 members (excludes halogenated alkanes) is 1. The van der Waals surface area contributed by atoms with Gasteiger partial charge in [-0.3, -0.25) is 0 Å². The first-order valence-corrected chi connectivity index (χ1v) is 14.2. The van der Waals surface area contributed by atoms with E-state index >= 15 is 0 Å². The third-order valence-electron chi connectivity index (χ3n) is 7.44. The fourth-order valence-electron chi connectivity index (χ4n) is 5.35. The molecule has 0 amide bonds. The molecule has 11 nitrogen and oxygen atoms in total. The molecule has 0 spiro atoms. The van der Waals surface area contributed by atoms with Gasteiger partial charge in [0.15, 0.2) is 17.7 Å². The molecule has 0 aliphatic carbocycles. The summed E-state index contributed by atoms with van der Waals surface area (Å²) >= 11 is 0. The first-order valence-electron chi connectivity index (χ1n) is 14.2. The van der Waals surface area contributed by atoms with Crippen molar-refractivity contribution in [2.75, 3.05) is 14.2 Å². The predicted octanol–water partition coefficient (Wildman–Crippen LogP) is 5.26. The lowest BCUT2D eigenvalue weighted by Crippen LogP contribution is -2.28. The zero-order chi connectivity index (χ0) is 29.8. The van der Waals surface area contributed by atoms with Crippen LogP contribution >= 0.6 is 0 Å². The molecule has 2 aromatic carbocycles. The fraction of sp³-hybridized carbons (Fsp3) is 0.250. The molecule has 0 fully saturated rings. The van der Waals surface area contributed by atoms with Crippen LogP contribution < -0.4 is 4.73 Å². The number of nitrogens with one attached hydrogen (secondary N) is 1. The number of H-pyrrole nitrogens is 1. The van der Waals surface area contributed by atoms with Gasteiger partial charge in [0, 0.05) is 38.3 Å². The minimum Gasteiger partial charge on any atom is -0.618 e. The molecule has 11 heteroatoms. The van der Waals surface area contributed by atoms with Gasteiger partial charge in [-0.1, -0.05) is 55.8 Å². The standard InChI is InChI=1S/C32H32N8O3/c1-4-5-14-28-33-26-19-25(27-13-9-10-17-40(27)41)29(32(42-2)43-3)34-31(26)39(28)20-21-15-16-23(22-11-7-6-8-12-22)24(18-21)30-35-37-38-36-30/h6-13,15-19,32H,4-5,14,20H2,1-3H3,(H,35,36,37,38). The number of ether oxygens (including phenoxy) is 2. The van der Waals surface area contributed by atoms with Gasteiger partial charge in [-0.05, 0) is 51.7 Å². The lowest BCUT2D eigenvalue weighted by molar-refractivity contribution is -0.593. The highest BCUT2D eigenvalue weighted by atomic mass is 16.7. The maximum atomic E-state index is 12.8. The molecule has 6 aromatic rings. The Morgan fingerprint density at radius 1 is 0.930 bits per heavy atom. The normalized spacial score (nSPS) is 11.5. The van der Waals surface area contributed by atoms with Crippen LogP contribution in [-0.4, -0.2) is 49.4 Å². The molecule has 0 atom stereocenters. The number of methoxy groups -OCH3 is 2.